The van der Waals surface area contributed by atoms with Crippen molar-refractivity contribution in [2.45, 2.75) is 82.6 Å². The Balaban J connectivity index is 1.13. The quantitative estimate of drug-likeness (QED) is 0.365. The lowest BCUT2D eigenvalue weighted by atomic mass is 9.77. The maximum atomic E-state index is 13.3. The Morgan fingerprint density at radius 3 is 2.58 bits per heavy atom. The minimum absolute atomic E-state index is 0.0917. The summed E-state index contributed by atoms with van der Waals surface area (Å²) in [4.78, 5) is 49.9. The Kier molecular flexibility index (Phi) is 7.32. The van der Waals surface area contributed by atoms with Gasteiger partial charge in [0.15, 0.2) is 11.2 Å². The van der Waals surface area contributed by atoms with Crippen LogP contribution in [0.3, 0.4) is 0 Å². The van der Waals surface area contributed by atoms with Crippen molar-refractivity contribution < 1.29 is 14.6 Å². The van der Waals surface area contributed by atoms with E-state index in [0.29, 0.717) is 38.8 Å². The molecule has 1 spiro atoms. The number of likely N-dealkylation sites (tertiary alicyclic amines) is 1. The van der Waals surface area contributed by atoms with E-state index in [0.717, 1.165) is 34.4 Å². The first-order valence-corrected chi connectivity index (χ1v) is 15.1. The number of hydrogen-bond donors (Lipinski definition) is 1. The second-order valence-electron chi connectivity index (χ2n) is 12.8. The molecule has 0 bridgehead atoms. The summed E-state index contributed by atoms with van der Waals surface area (Å²) in [6.07, 6.45) is 4.46. The molecule has 43 heavy (non-hydrogen) atoms. The number of para-hydroxylation sites is 2. The molecular formula is C31H41N7O5. The van der Waals surface area contributed by atoms with Gasteiger partial charge in [0.1, 0.15) is 11.4 Å². The first-order chi connectivity index (χ1) is 20.4. The molecule has 0 saturated carbocycles. The fourth-order valence-electron chi connectivity index (χ4n) is 6.85. The van der Waals surface area contributed by atoms with E-state index in [1.54, 1.807) is 18.5 Å². The third-order valence-corrected chi connectivity index (χ3v) is 9.46. The first-order valence-electron chi connectivity index (χ1n) is 15.1. The minimum Gasteiger partial charge on any atom is -0.386 e. The summed E-state index contributed by atoms with van der Waals surface area (Å²) in [6, 6.07) is 7.64. The monoisotopic (exact) mass is 591 g/mol. The molecule has 0 unspecified atom stereocenters. The van der Waals surface area contributed by atoms with Crippen LogP contribution in [0.1, 0.15) is 70.7 Å². The van der Waals surface area contributed by atoms with E-state index in [1.807, 2.05) is 23.1 Å². The lowest BCUT2D eigenvalue weighted by Gasteiger charge is -2.51. The molecule has 1 aromatic carbocycles. The number of aryl methyl sites for hydroxylation is 2. The second kappa shape index (κ2) is 10.7. The lowest BCUT2D eigenvalue weighted by Crippen LogP contribution is -2.57. The number of piperidine rings is 1. The summed E-state index contributed by atoms with van der Waals surface area (Å²) in [7, 11) is 3.03. The molecular weight excluding hydrogens is 550 g/mol. The molecule has 0 aliphatic carbocycles. The van der Waals surface area contributed by atoms with E-state index in [-0.39, 0.29) is 29.6 Å². The highest BCUT2D eigenvalue weighted by Crippen LogP contribution is 2.44. The Morgan fingerprint density at radius 2 is 1.86 bits per heavy atom. The molecule has 3 aromatic heterocycles. The van der Waals surface area contributed by atoms with Crippen LogP contribution in [-0.4, -0.2) is 75.0 Å². The average molecular weight is 592 g/mol. The maximum absolute atomic E-state index is 13.3. The van der Waals surface area contributed by atoms with Crippen LogP contribution in [0.2, 0.25) is 0 Å². The van der Waals surface area contributed by atoms with Crippen molar-refractivity contribution in [2.24, 2.45) is 14.1 Å². The fourth-order valence-corrected chi connectivity index (χ4v) is 6.85. The number of aromatic nitrogens is 6. The van der Waals surface area contributed by atoms with Gasteiger partial charge in [-0.3, -0.25) is 18.7 Å². The average Bonchev–Trinajstić information content (AvgIpc) is 3.59. The van der Waals surface area contributed by atoms with Crippen LogP contribution in [0, 0.1) is 0 Å². The molecule has 12 nitrogen and oxygen atoms in total. The number of carbonyl (C=O) groups is 1. The molecule has 5 heterocycles. The molecule has 2 aliphatic heterocycles. The predicted octanol–water partition coefficient (Wildman–Crippen LogP) is 2.46. The number of rotatable bonds is 6. The number of aliphatic hydroxyl groups is 1. The number of fused-ring (bicyclic) bond motifs is 2. The molecule has 1 N–H and O–H groups in total. The Morgan fingerprint density at radius 1 is 1.14 bits per heavy atom. The van der Waals surface area contributed by atoms with Crippen LogP contribution in [0.5, 0.6) is 0 Å². The topological polar surface area (TPSA) is 129 Å². The Bertz CT molecular complexity index is 1800. The van der Waals surface area contributed by atoms with Crippen molar-refractivity contribution in [3.63, 3.8) is 0 Å². The van der Waals surface area contributed by atoms with E-state index < -0.39 is 28.5 Å². The van der Waals surface area contributed by atoms with Gasteiger partial charge in [-0.15, -0.1) is 0 Å². The zero-order valence-electron chi connectivity index (χ0n) is 25.6. The molecule has 6 rings (SSSR count). The van der Waals surface area contributed by atoms with E-state index in [9.17, 15) is 19.5 Å². The molecule has 4 aromatic rings. The number of nitrogens with zero attached hydrogens (tertiary/aromatic N) is 7. The zero-order valence-corrected chi connectivity index (χ0v) is 25.6. The molecule has 12 heteroatoms. The molecule has 2 atom stereocenters. The van der Waals surface area contributed by atoms with Gasteiger partial charge in [0, 0.05) is 52.5 Å². The van der Waals surface area contributed by atoms with Gasteiger partial charge >= 0.3 is 5.69 Å². The van der Waals surface area contributed by atoms with Crippen molar-refractivity contribution in [3.05, 3.63) is 57.3 Å². The van der Waals surface area contributed by atoms with Crippen LogP contribution in [-0.2, 0) is 30.2 Å². The molecule has 2 aliphatic rings. The van der Waals surface area contributed by atoms with Gasteiger partial charge in [0.2, 0.25) is 5.91 Å². The largest absolute Gasteiger partial charge is 0.386 e. The normalized spacial score (nSPS) is 22.3. The molecule has 2 fully saturated rings. The lowest BCUT2D eigenvalue weighted by molar-refractivity contribution is -0.201. The van der Waals surface area contributed by atoms with Gasteiger partial charge < -0.3 is 23.9 Å². The summed E-state index contributed by atoms with van der Waals surface area (Å²) < 4.78 is 12.7. The van der Waals surface area contributed by atoms with E-state index >= 15 is 0 Å². The molecule has 2 saturated heterocycles. The third kappa shape index (κ3) is 5.00. The standard InChI is InChI=1S/C31H41N7O5/c1-20(2)26-33-21-9-6-7-10-22(21)37(26)14-8-11-24(39)36-15-12-31(13-16-36)17-23(30(3,42)18-43-31)38-19-32-27-25(38)28(40)35(5)29(41)34(27)4/h6-7,9-10,19-20,23,42H,8,11-18H2,1-5H3/t23-,30-/m0/s1. The minimum atomic E-state index is -1.25. The van der Waals surface area contributed by atoms with Crippen LogP contribution in [0.25, 0.3) is 22.2 Å². The van der Waals surface area contributed by atoms with Gasteiger partial charge in [0.25, 0.3) is 5.56 Å². The highest BCUT2D eigenvalue weighted by molar-refractivity contribution is 5.77. The van der Waals surface area contributed by atoms with Gasteiger partial charge in [-0.05, 0) is 38.3 Å². The second-order valence-corrected chi connectivity index (χ2v) is 12.8. The van der Waals surface area contributed by atoms with Crippen LogP contribution < -0.4 is 11.2 Å². The summed E-state index contributed by atoms with van der Waals surface area (Å²) in [5.74, 6) is 1.46. The first kappa shape index (κ1) is 29.3. The highest BCUT2D eigenvalue weighted by atomic mass is 16.5. The summed E-state index contributed by atoms with van der Waals surface area (Å²) in [6.45, 7) is 7.95. The zero-order chi connectivity index (χ0) is 30.7. The van der Waals surface area contributed by atoms with E-state index in [2.05, 4.69) is 29.5 Å². The van der Waals surface area contributed by atoms with Crippen molar-refractivity contribution in [2.75, 3.05) is 19.7 Å². The Hall–Kier alpha value is -3.77. The molecule has 230 valence electrons. The summed E-state index contributed by atoms with van der Waals surface area (Å²) >= 11 is 0. The van der Waals surface area contributed by atoms with Gasteiger partial charge in [-0.1, -0.05) is 26.0 Å². The van der Waals surface area contributed by atoms with Gasteiger partial charge in [-0.2, -0.15) is 0 Å². The fraction of sp³-hybridized carbons (Fsp3) is 0.581. The molecule has 1 amide bonds. The third-order valence-electron chi connectivity index (χ3n) is 9.46. The van der Waals surface area contributed by atoms with Crippen molar-refractivity contribution in [1.29, 1.82) is 0 Å². The summed E-state index contributed by atoms with van der Waals surface area (Å²) in [5.41, 5.74) is -0.0301. The van der Waals surface area contributed by atoms with E-state index in [1.165, 1.54) is 17.9 Å². The van der Waals surface area contributed by atoms with Crippen molar-refractivity contribution in [1.82, 2.24) is 33.1 Å². The smallest absolute Gasteiger partial charge is 0.332 e. The number of hydrogen-bond acceptors (Lipinski definition) is 7. The SMILES string of the molecule is CC(C)c1nc2ccccc2n1CCCC(=O)N1CCC2(CC1)C[C@H](n1cnc3c1c(=O)n(C)c(=O)n3C)[C@@](C)(O)CO2. The van der Waals surface area contributed by atoms with E-state index in [4.69, 9.17) is 9.72 Å². The van der Waals surface area contributed by atoms with Gasteiger partial charge in [0.05, 0.1) is 35.6 Å². The molecule has 0 radical (unpaired) electrons. The summed E-state index contributed by atoms with van der Waals surface area (Å²) in [5, 5.41) is 11.4. The number of benzene rings is 1. The highest BCUT2D eigenvalue weighted by Gasteiger charge is 2.50. The Labute approximate surface area is 249 Å². The van der Waals surface area contributed by atoms with Crippen molar-refractivity contribution >= 4 is 28.1 Å². The number of carbonyl (C=O) groups excluding carboxylic acids is 1. The maximum Gasteiger partial charge on any atom is 0.332 e. The number of imidazole rings is 2. The number of ether oxygens (including phenoxy) is 1. The number of amides is 1. The van der Waals surface area contributed by atoms with Crippen LogP contribution in [0.15, 0.2) is 40.2 Å². The van der Waals surface area contributed by atoms with Crippen LogP contribution in [0.4, 0.5) is 0 Å². The van der Waals surface area contributed by atoms with Gasteiger partial charge in [-0.25, -0.2) is 14.8 Å². The van der Waals surface area contributed by atoms with Crippen molar-refractivity contribution in [3.8, 4) is 0 Å². The predicted molar refractivity (Wildman–Crippen MR) is 162 cm³/mol. The van der Waals surface area contributed by atoms with Crippen LogP contribution >= 0.6 is 0 Å².